The van der Waals surface area contributed by atoms with Crippen molar-refractivity contribution in [2.45, 2.75) is 46.1 Å². The van der Waals surface area contributed by atoms with Crippen LogP contribution in [-0.2, 0) is 6.54 Å². The van der Waals surface area contributed by atoms with Gasteiger partial charge in [0.1, 0.15) is 0 Å². The van der Waals surface area contributed by atoms with E-state index in [0.29, 0.717) is 0 Å². The molecule has 2 nitrogen and oxygen atoms in total. The summed E-state index contributed by atoms with van der Waals surface area (Å²) in [5, 5.41) is 3.59. The monoisotopic (exact) mass is 238 g/mol. The molecule has 2 unspecified atom stereocenters. The smallest absolute Gasteiger partial charge is 0.0798 e. The largest absolute Gasteiger partial charge is 0.312 e. The van der Waals surface area contributed by atoms with Crippen molar-refractivity contribution in [2.24, 2.45) is 11.8 Å². The van der Waals surface area contributed by atoms with E-state index in [2.05, 4.69) is 24.1 Å². The maximum Gasteiger partial charge on any atom is 0.0798 e. The Hall–Kier alpha value is -0.410. The molecule has 0 radical (unpaired) electrons. The number of thiazole rings is 1. The van der Waals surface area contributed by atoms with Crippen molar-refractivity contribution < 1.29 is 0 Å². The number of hydrogen-bond acceptors (Lipinski definition) is 3. The van der Waals surface area contributed by atoms with Crippen LogP contribution in [0.2, 0.25) is 0 Å². The Bertz CT molecular complexity index is 321. The van der Waals surface area contributed by atoms with Crippen LogP contribution in [0.1, 0.15) is 43.2 Å². The second-order valence-electron chi connectivity index (χ2n) is 5.13. The Morgan fingerprint density at radius 3 is 3.06 bits per heavy atom. The van der Waals surface area contributed by atoms with Gasteiger partial charge in [0.05, 0.1) is 11.2 Å². The van der Waals surface area contributed by atoms with Crippen LogP contribution in [0.3, 0.4) is 0 Å². The van der Waals surface area contributed by atoms with E-state index >= 15 is 0 Å². The average Bonchev–Trinajstić information content (AvgIpc) is 2.65. The van der Waals surface area contributed by atoms with E-state index < -0.39 is 0 Å². The number of aromatic nitrogens is 1. The first-order chi connectivity index (χ1) is 7.75. The van der Waals surface area contributed by atoms with Gasteiger partial charge in [0.25, 0.3) is 0 Å². The van der Waals surface area contributed by atoms with Crippen molar-refractivity contribution in [3.63, 3.8) is 0 Å². The maximum absolute atomic E-state index is 4.27. The molecule has 1 saturated carbocycles. The Kier molecular flexibility index (Phi) is 4.36. The van der Waals surface area contributed by atoms with Crippen molar-refractivity contribution in [3.05, 3.63) is 16.1 Å². The van der Waals surface area contributed by atoms with Gasteiger partial charge in [-0.1, -0.05) is 19.8 Å². The molecule has 2 atom stereocenters. The molecule has 3 heteroatoms. The van der Waals surface area contributed by atoms with Crippen LogP contribution >= 0.6 is 11.3 Å². The minimum atomic E-state index is 0.900. The molecular formula is C13H22N2S. The first-order valence-electron chi connectivity index (χ1n) is 6.35. The third-order valence-corrected chi connectivity index (χ3v) is 4.54. The van der Waals surface area contributed by atoms with Gasteiger partial charge in [0.2, 0.25) is 0 Å². The SMILES string of the molecule is Cc1ncsc1CNCC1CCCC(C)C1. The Morgan fingerprint density at radius 2 is 2.38 bits per heavy atom. The van der Waals surface area contributed by atoms with E-state index in [-0.39, 0.29) is 0 Å². The summed E-state index contributed by atoms with van der Waals surface area (Å²) >= 11 is 1.76. The molecule has 0 aromatic carbocycles. The van der Waals surface area contributed by atoms with Crippen LogP contribution in [0.25, 0.3) is 0 Å². The Morgan fingerprint density at radius 1 is 1.50 bits per heavy atom. The molecule has 1 N–H and O–H groups in total. The van der Waals surface area contributed by atoms with Crippen molar-refractivity contribution in [1.29, 1.82) is 0 Å². The fourth-order valence-corrected chi connectivity index (χ4v) is 3.38. The fraction of sp³-hybridized carbons (Fsp3) is 0.769. The van der Waals surface area contributed by atoms with Gasteiger partial charge in [0, 0.05) is 11.4 Å². The zero-order valence-electron chi connectivity index (χ0n) is 10.3. The molecule has 0 spiro atoms. The molecule has 0 amide bonds. The van der Waals surface area contributed by atoms with E-state index in [1.165, 1.54) is 42.8 Å². The summed E-state index contributed by atoms with van der Waals surface area (Å²) < 4.78 is 0. The lowest BCUT2D eigenvalue weighted by atomic mass is 9.82. The van der Waals surface area contributed by atoms with Gasteiger partial charge in [-0.25, -0.2) is 4.98 Å². The second kappa shape index (κ2) is 5.78. The highest BCUT2D eigenvalue weighted by Crippen LogP contribution is 2.28. The lowest BCUT2D eigenvalue weighted by Crippen LogP contribution is -2.26. The highest BCUT2D eigenvalue weighted by Gasteiger charge is 2.18. The van der Waals surface area contributed by atoms with Gasteiger partial charge in [-0.15, -0.1) is 11.3 Å². The van der Waals surface area contributed by atoms with Gasteiger partial charge >= 0.3 is 0 Å². The highest BCUT2D eigenvalue weighted by atomic mass is 32.1. The third-order valence-electron chi connectivity index (χ3n) is 3.61. The molecular weight excluding hydrogens is 216 g/mol. The van der Waals surface area contributed by atoms with E-state index in [9.17, 15) is 0 Å². The molecule has 16 heavy (non-hydrogen) atoms. The molecule has 1 aromatic heterocycles. The highest BCUT2D eigenvalue weighted by molar-refractivity contribution is 7.09. The summed E-state index contributed by atoms with van der Waals surface area (Å²) in [5.74, 6) is 1.84. The summed E-state index contributed by atoms with van der Waals surface area (Å²) in [6.45, 7) is 6.67. The van der Waals surface area contributed by atoms with Crippen molar-refractivity contribution in [1.82, 2.24) is 10.3 Å². The van der Waals surface area contributed by atoms with Gasteiger partial charge in [-0.3, -0.25) is 0 Å². The molecule has 2 rings (SSSR count). The van der Waals surface area contributed by atoms with Gasteiger partial charge in [-0.05, 0) is 38.1 Å². The van der Waals surface area contributed by atoms with Crippen molar-refractivity contribution >= 4 is 11.3 Å². The predicted octanol–water partition coefficient (Wildman–Crippen LogP) is 3.37. The maximum atomic E-state index is 4.27. The lowest BCUT2D eigenvalue weighted by Gasteiger charge is -2.26. The van der Waals surface area contributed by atoms with E-state index in [4.69, 9.17) is 0 Å². The van der Waals surface area contributed by atoms with Gasteiger partial charge < -0.3 is 5.32 Å². The average molecular weight is 238 g/mol. The molecule has 1 heterocycles. The zero-order valence-corrected chi connectivity index (χ0v) is 11.1. The molecule has 1 aliphatic rings. The summed E-state index contributed by atoms with van der Waals surface area (Å²) in [4.78, 5) is 5.67. The van der Waals surface area contributed by atoms with E-state index in [1.54, 1.807) is 11.3 Å². The minimum absolute atomic E-state index is 0.900. The van der Waals surface area contributed by atoms with Crippen LogP contribution in [0.4, 0.5) is 0 Å². The molecule has 0 bridgehead atoms. The number of nitrogens with one attached hydrogen (secondary N) is 1. The number of aryl methyl sites for hydroxylation is 1. The predicted molar refractivity (Wildman–Crippen MR) is 69.7 cm³/mol. The summed E-state index contributed by atoms with van der Waals surface area (Å²) in [7, 11) is 0. The Balaban J connectivity index is 1.70. The number of rotatable bonds is 4. The van der Waals surface area contributed by atoms with Gasteiger partial charge in [-0.2, -0.15) is 0 Å². The topological polar surface area (TPSA) is 24.9 Å². The number of hydrogen-bond donors (Lipinski definition) is 1. The number of nitrogens with zero attached hydrogens (tertiary/aromatic N) is 1. The summed E-state index contributed by atoms with van der Waals surface area (Å²) in [6, 6.07) is 0. The standard InChI is InChI=1S/C13H22N2S/c1-10-4-3-5-12(6-10)7-14-8-13-11(2)15-9-16-13/h9-10,12,14H,3-8H2,1-2H3. The zero-order chi connectivity index (χ0) is 11.4. The molecule has 90 valence electrons. The van der Waals surface area contributed by atoms with Crippen molar-refractivity contribution in [3.8, 4) is 0 Å². The van der Waals surface area contributed by atoms with Gasteiger partial charge in [0.15, 0.2) is 0 Å². The Labute approximate surface area is 102 Å². The van der Waals surface area contributed by atoms with Crippen LogP contribution < -0.4 is 5.32 Å². The van der Waals surface area contributed by atoms with Crippen LogP contribution in [0.5, 0.6) is 0 Å². The van der Waals surface area contributed by atoms with E-state index in [0.717, 1.165) is 18.4 Å². The fourth-order valence-electron chi connectivity index (χ4n) is 2.63. The molecule has 1 aromatic rings. The van der Waals surface area contributed by atoms with Crippen molar-refractivity contribution in [2.75, 3.05) is 6.54 Å². The molecule has 1 aliphatic carbocycles. The first-order valence-corrected chi connectivity index (χ1v) is 7.23. The quantitative estimate of drug-likeness (QED) is 0.870. The first kappa shape index (κ1) is 12.1. The third kappa shape index (κ3) is 3.29. The minimum Gasteiger partial charge on any atom is -0.312 e. The lowest BCUT2D eigenvalue weighted by molar-refractivity contribution is 0.274. The molecule has 0 saturated heterocycles. The van der Waals surface area contributed by atoms with E-state index in [1.807, 2.05) is 5.51 Å². The molecule has 1 fully saturated rings. The van der Waals surface area contributed by atoms with Crippen LogP contribution in [-0.4, -0.2) is 11.5 Å². The summed E-state index contributed by atoms with van der Waals surface area (Å²) in [5.41, 5.74) is 3.13. The summed E-state index contributed by atoms with van der Waals surface area (Å²) in [6.07, 6.45) is 5.69. The van der Waals surface area contributed by atoms with Crippen LogP contribution in [0, 0.1) is 18.8 Å². The molecule has 0 aliphatic heterocycles. The van der Waals surface area contributed by atoms with Crippen LogP contribution in [0.15, 0.2) is 5.51 Å². The second-order valence-corrected chi connectivity index (χ2v) is 6.07. The normalized spacial score (nSPS) is 25.9.